The molecule has 2 nitrogen and oxygen atoms in total. The molecule has 3 rings (SSSR count). The van der Waals surface area contributed by atoms with Crippen molar-refractivity contribution < 1.29 is 0 Å². The molecule has 1 atom stereocenters. The summed E-state index contributed by atoms with van der Waals surface area (Å²) < 4.78 is 0. The molecule has 1 heterocycles. The Morgan fingerprint density at radius 3 is 2.63 bits per heavy atom. The van der Waals surface area contributed by atoms with Gasteiger partial charge in [-0.1, -0.05) is 31.2 Å². The first-order chi connectivity index (χ1) is 9.29. The summed E-state index contributed by atoms with van der Waals surface area (Å²) in [6.45, 7) is 4.34. The number of rotatable bonds is 2. The van der Waals surface area contributed by atoms with Gasteiger partial charge in [0.2, 0.25) is 0 Å². The van der Waals surface area contributed by atoms with E-state index in [-0.39, 0.29) is 0 Å². The van der Waals surface area contributed by atoms with Crippen molar-refractivity contribution in [2.24, 2.45) is 11.7 Å². The van der Waals surface area contributed by atoms with Crippen LogP contribution in [0.4, 0.5) is 0 Å². The molecule has 2 N–H and O–H groups in total. The van der Waals surface area contributed by atoms with Gasteiger partial charge in [0.1, 0.15) is 0 Å². The minimum absolute atomic E-state index is 0.448. The maximum atomic E-state index is 6.10. The maximum absolute atomic E-state index is 6.10. The SMILES string of the molecule is CC1CCC(N2CCc3ccccc3C2CN)CC1. The van der Waals surface area contributed by atoms with Crippen molar-refractivity contribution in [3.05, 3.63) is 35.4 Å². The Bertz CT molecular complexity index is 421. The minimum atomic E-state index is 0.448. The summed E-state index contributed by atoms with van der Waals surface area (Å²) in [5.41, 5.74) is 9.09. The van der Waals surface area contributed by atoms with E-state index in [0.29, 0.717) is 6.04 Å². The highest BCUT2D eigenvalue weighted by atomic mass is 15.2. The van der Waals surface area contributed by atoms with Gasteiger partial charge >= 0.3 is 0 Å². The zero-order chi connectivity index (χ0) is 13.2. The van der Waals surface area contributed by atoms with Crippen molar-refractivity contribution in [1.82, 2.24) is 4.90 Å². The van der Waals surface area contributed by atoms with Gasteiger partial charge in [-0.2, -0.15) is 0 Å². The first kappa shape index (κ1) is 13.1. The molecule has 0 aromatic heterocycles. The molecular weight excluding hydrogens is 232 g/mol. The van der Waals surface area contributed by atoms with E-state index in [4.69, 9.17) is 5.73 Å². The van der Waals surface area contributed by atoms with Crippen LogP contribution in [0.15, 0.2) is 24.3 Å². The van der Waals surface area contributed by atoms with Crippen LogP contribution < -0.4 is 5.73 Å². The Kier molecular flexibility index (Phi) is 3.90. The molecule has 0 spiro atoms. The summed E-state index contributed by atoms with van der Waals surface area (Å²) in [6, 6.07) is 10.1. The zero-order valence-corrected chi connectivity index (χ0v) is 12.0. The van der Waals surface area contributed by atoms with E-state index in [9.17, 15) is 0 Å². The lowest BCUT2D eigenvalue weighted by Gasteiger charge is -2.44. The van der Waals surface area contributed by atoms with Crippen molar-refractivity contribution >= 4 is 0 Å². The van der Waals surface area contributed by atoms with Crippen molar-refractivity contribution in [3.8, 4) is 0 Å². The van der Waals surface area contributed by atoms with Gasteiger partial charge < -0.3 is 5.73 Å². The van der Waals surface area contributed by atoms with Gasteiger partial charge in [0, 0.05) is 25.2 Å². The summed E-state index contributed by atoms with van der Waals surface area (Å²) >= 11 is 0. The molecule has 1 aliphatic carbocycles. The Balaban J connectivity index is 1.80. The van der Waals surface area contributed by atoms with E-state index in [1.165, 1.54) is 49.8 Å². The number of hydrogen-bond donors (Lipinski definition) is 1. The van der Waals surface area contributed by atoms with E-state index in [0.717, 1.165) is 18.5 Å². The van der Waals surface area contributed by atoms with Gasteiger partial charge in [0.15, 0.2) is 0 Å². The monoisotopic (exact) mass is 258 g/mol. The van der Waals surface area contributed by atoms with Crippen molar-refractivity contribution in [2.45, 2.75) is 51.1 Å². The molecule has 1 aliphatic heterocycles. The molecule has 1 aromatic carbocycles. The number of nitrogens with zero attached hydrogens (tertiary/aromatic N) is 1. The quantitative estimate of drug-likeness (QED) is 0.883. The lowest BCUT2D eigenvalue weighted by Crippen LogP contribution is -2.46. The van der Waals surface area contributed by atoms with Gasteiger partial charge in [0.05, 0.1) is 0 Å². The lowest BCUT2D eigenvalue weighted by molar-refractivity contribution is 0.0883. The molecule has 0 saturated heterocycles. The first-order valence-electron chi connectivity index (χ1n) is 7.83. The third-order valence-electron chi connectivity index (χ3n) is 5.13. The van der Waals surface area contributed by atoms with Crippen LogP contribution in [-0.2, 0) is 6.42 Å². The van der Waals surface area contributed by atoms with Crippen LogP contribution in [0, 0.1) is 5.92 Å². The molecule has 2 heteroatoms. The molecular formula is C17H26N2. The van der Waals surface area contributed by atoms with Crippen LogP contribution in [0.25, 0.3) is 0 Å². The Hall–Kier alpha value is -0.860. The highest BCUT2D eigenvalue weighted by Crippen LogP contribution is 2.35. The maximum Gasteiger partial charge on any atom is 0.0476 e. The standard InChI is InChI=1S/C17H26N2/c1-13-6-8-15(9-7-13)19-11-10-14-4-2-3-5-16(14)17(19)12-18/h2-5,13,15,17H,6-12,18H2,1H3. The normalized spacial score (nSPS) is 32.0. The average Bonchev–Trinajstić information content (AvgIpc) is 2.47. The molecule has 1 aromatic rings. The highest BCUT2D eigenvalue weighted by Gasteiger charge is 2.32. The van der Waals surface area contributed by atoms with E-state index in [1.54, 1.807) is 0 Å². The number of hydrogen-bond acceptors (Lipinski definition) is 2. The number of fused-ring (bicyclic) bond motifs is 1. The van der Waals surface area contributed by atoms with Gasteiger partial charge in [-0.3, -0.25) is 4.90 Å². The fraction of sp³-hybridized carbons (Fsp3) is 0.647. The topological polar surface area (TPSA) is 29.3 Å². The molecule has 0 bridgehead atoms. The van der Waals surface area contributed by atoms with Crippen LogP contribution in [0.5, 0.6) is 0 Å². The predicted octanol–water partition coefficient (Wildman–Crippen LogP) is 3.12. The second-order valence-corrected chi connectivity index (χ2v) is 6.35. The third kappa shape index (κ3) is 2.56. The van der Waals surface area contributed by atoms with Gasteiger partial charge in [-0.15, -0.1) is 0 Å². The summed E-state index contributed by atoms with van der Waals surface area (Å²) in [7, 11) is 0. The predicted molar refractivity (Wildman–Crippen MR) is 80.1 cm³/mol. The minimum Gasteiger partial charge on any atom is -0.329 e. The molecule has 1 fully saturated rings. The van der Waals surface area contributed by atoms with Gasteiger partial charge in [0.25, 0.3) is 0 Å². The fourth-order valence-corrected chi connectivity index (χ4v) is 3.94. The van der Waals surface area contributed by atoms with Crippen LogP contribution >= 0.6 is 0 Å². The van der Waals surface area contributed by atoms with E-state index >= 15 is 0 Å². The van der Waals surface area contributed by atoms with E-state index < -0.39 is 0 Å². The lowest BCUT2D eigenvalue weighted by atomic mass is 9.83. The zero-order valence-electron chi connectivity index (χ0n) is 12.0. The summed E-state index contributed by atoms with van der Waals surface area (Å²) in [6.07, 6.45) is 6.69. The molecule has 2 aliphatic rings. The summed E-state index contributed by atoms with van der Waals surface area (Å²) in [4.78, 5) is 2.70. The van der Waals surface area contributed by atoms with Crippen LogP contribution in [0.3, 0.4) is 0 Å². The van der Waals surface area contributed by atoms with Gasteiger partial charge in [-0.25, -0.2) is 0 Å². The van der Waals surface area contributed by atoms with E-state index in [1.807, 2.05) is 0 Å². The van der Waals surface area contributed by atoms with Crippen LogP contribution in [-0.4, -0.2) is 24.0 Å². The molecule has 0 radical (unpaired) electrons. The second-order valence-electron chi connectivity index (χ2n) is 6.35. The Morgan fingerprint density at radius 1 is 1.16 bits per heavy atom. The summed E-state index contributed by atoms with van der Waals surface area (Å²) in [5, 5.41) is 0. The number of nitrogens with two attached hydrogens (primary N) is 1. The smallest absolute Gasteiger partial charge is 0.0476 e. The fourth-order valence-electron chi connectivity index (χ4n) is 3.94. The molecule has 1 unspecified atom stereocenters. The summed E-state index contributed by atoms with van der Waals surface area (Å²) in [5.74, 6) is 0.921. The van der Waals surface area contributed by atoms with Crippen molar-refractivity contribution in [3.63, 3.8) is 0 Å². The van der Waals surface area contributed by atoms with Crippen LogP contribution in [0.1, 0.15) is 49.8 Å². The van der Waals surface area contributed by atoms with Crippen molar-refractivity contribution in [1.29, 1.82) is 0 Å². The first-order valence-corrected chi connectivity index (χ1v) is 7.83. The number of benzene rings is 1. The highest BCUT2D eigenvalue weighted by molar-refractivity contribution is 5.33. The molecule has 0 amide bonds. The second kappa shape index (κ2) is 5.64. The Morgan fingerprint density at radius 2 is 1.89 bits per heavy atom. The molecule has 1 saturated carbocycles. The molecule has 19 heavy (non-hydrogen) atoms. The van der Waals surface area contributed by atoms with Gasteiger partial charge in [-0.05, 0) is 49.1 Å². The Labute approximate surface area is 117 Å². The molecule has 104 valence electrons. The largest absolute Gasteiger partial charge is 0.329 e. The van der Waals surface area contributed by atoms with Crippen LogP contribution in [0.2, 0.25) is 0 Å². The third-order valence-corrected chi connectivity index (χ3v) is 5.13. The van der Waals surface area contributed by atoms with Crippen molar-refractivity contribution in [2.75, 3.05) is 13.1 Å². The average molecular weight is 258 g/mol. The van der Waals surface area contributed by atoms with E-state index in [2.05, 4.69) is 36.1 Å².